The van der Waals surface area contributed by atoms with Crippen LogP contribution < -0.4 is 10.5 Å². The molecule has 0 saturated carbocycles. The summed E-state index contributed by atoms with van der Waals surface area (Å²) in [5.41, 5.74) is 8.52. The van der Waals surface area contributed by atoms with Gasteiger partial charge < -0.3 is 10.5 Å². The maximum absolute atomic E-state index is 6.02. The summed E-state index contributed by atoms with van der Waals surface area (Å²) >= 11 is 0. The summed E-state index contributed by atoms with van der Waals surface area (Å²) in [6.07, 6.45) is 1.89. The molecule has 0 amide bonds. The molecule has 96 valence electrons. The first-order chi connectivity index (χ1) is 8.02. The SMILES string of the molecule is CCC(N)Cc1cc(C)ccc1OCC(C)C. The van der Waals surface area contributed by atoms with Crippen molar-refractivity contribution in [1.82, 2.24) is 0 Å². The molecule has 1 aromatic rings. The van der Waals surface area contributed by atoms with Crippen LogP contribution in [0, 0.1) is 12.8 Å². The maximum atomic E-state index is 6.02. The Bertz CT molecular complexity index is 347. The fourth-order valence-corrected chi connectivity index (χ4v) is 1.69. The number of benzene rings is 1. The van der Waals surface area contributed by atoms with Crippen LogP contribution in [0.5, 0.6) is 5.75 Å². The van der Waals surface area contributed by atoms with Crippen LogP contribution >= 0.6 is 0 Å². The van der Waals surface area contributed by atoms with E-state index < -0.39 is 0 Å². The summed E-state index contributed by atoms with van der Waals surface area (Å²) in [4.78, 5) is 0. The summed E-state index contributed by atoms with van der Waals surface area (Å²) in [5, 5.41) is 0. The van der Waals surface area contributed by atoms with E-state index in [-0.39, 0.29) is 6.04 Å². The second kappa shape index (κ2) is 6.65. The van der Waals surface area contributed by atoms with Crippen molar-refractivity contribution in [3.63, 3.8) is 0 Å². The lowest BCUT2D eigenvalue weighted by molar-refractivity contribution is 0.268. The van der Waals surface area contributed by atoms with E-state index in [1.54, 1.807) is 0 Å². The van der Waals surface area contributed by atoms with Gasteiger partial charge in [-0.1, -0.05) is 38.5 Å². The molecule has 0 bridgehead atoms. The van der Waals surface area contributed by atoms with Crippen LogP contribution in [0.3, 0.4) is 0 Å². The highest BCUT2D eigenvalue weighted by Crippen LogP contribution is 2.22. The van der Waals surface area contributed by atoms with Gasteiger partial charge in [0.15, 0.2) is 0 Å². The number of ether oxygens (including phenoxy) is 1. The molecule has 1 unspecified atom stereocenters. The van der Waals surface area contributed by atoms with E-state index in [2.05, 4.69) is 45.9 Å². The summed E-state index contributed by atoms with van der Waals surface area (Å²) in [6.45, 7) is 9.30. The molecule has 0 aliphatic heterocycles. The van der Waals surface area contributed by atoms with Crippen LogP contribution in [-0.4, -0.2) is 12.6 Å². The summed E-state index contributed by atoms with van der Waals surface area (Å²) in [7, 11) is 0. The van der Waals surface area contributed by atoms with Gasteiger partial charge in [-0.15, -0.1) is 0 Å². The minimum absolute atomic E-state index is 0.221. The molecule has 0 aliphatic rings. The van der Waals surface area contributed by atoms with Crippen LogP contribution in [0.1, 0.15) is 38.3 Å². The smallest absolute Gasteiger partial charge is 0.122 e. The molecule has 0 spiro atoms. The minimum atomic E-state index is 0.221. The number of hydrogen-bond acceptors (Lipinski definition) is 2. The quantitative estimate of drug-likeness (QED) is 0.821. The minimum Gasteiger partial charge on any atom is -0.493 e. The molecular weight excluding hydrogens is 210 g/mol. The third-order valence-electron chi connectivity index (χ3n) is 2.79. The molecule has 0 saturated heterocycles. The average molecular weight is 235 g/mol. The third kappa shape index (κ3) is 4.78. The largest absolute Gasteiger partial charge is 0.493 e. The molecule has 1 aromatic carbocycles. The summed E-state index contributed by atoms with van der Waals surface area (Å²) < 4.78 is 5.84. The van der Waals surface area contributed by atoms with Crippen LogP contribution in [0.15, 0.2) is 18.2 Å². The van der Waals surface area contributed by atoms with Crippen LogP contribution in [0.2, 0.25) is 0 Å². The molecule has 2 N–H and O–H groups in total. The fourth-order valence-electron chi connectivity index (χ4n) is 1.69. The molecule has 0 aliphatic carbocycles. The van der Waals surface area contributed by atoms with Crippen LogP contribution in [0.25, 0.3) is 0 Å². The molecule has 1 atom stereocenters. The van der Waals surface area contributed by atoms with Crippen molar-refractivity contribution in [2.24, 2.45) is 11.7 Å². The van der Waals surface area contributed by atoms with Crippen molar-refractivity contribution in [1.29, 1.82) is 0 Å². The monoisotopic (exact) mass is 235 g/mol. The lowest BCUT2D eigenvalue weighted by Gasteiger charge is -2.16. The van der Waals surface area contributed by atoms with Crippen molar-refractivity contribution in [3.8, 4) is 5.75 Å². The number of aryl methyl sites for hydroxylation is 1. The van der Waals surface area contributed by atoms with Crippen molar-refractivity contribution >= 4 is 0 Å². The Labute approximate surface area is 105 Å². The molecule has 0 radical (unpaired) electrons. The Kier molecular flexibility index (Phi) is 5.49. The first kappa shape index (κ1) is 14.0. The zero-order valence-corrected chi connectivity index (χ0v) is 11.5. The van der Waals surface area contributed by atoms with Crippen LogP contribution in [0.4, 0.5) is 0 Å². The number of rotatable bonds is 6. The number of hydrogen-bond donors (Lipinski definition) is 1. The van der Waals surface area contributed by atoms with E-state index >= 15 is 0 Å². The molecule has 2 heteroatoms. The first-order valence-corrected chi connectivity index (χ1v) is 6.50. The third-order valence-corrected chi connectivity index (χ3v) is 2.79. The molecule has 2 nitrogen and oxygen atoms in total. The van der Waals surface area contributed by atoms with E-state index in [1.165, 1.54) is 11.1 Å². The highest BCUT2D eigenvalue weighted by molar-refractivity contribution is 5.37. The van der Waals surface area contributed by atoms with Gasteiger partial charge in [-0.3, -0.25) is 0 Å². The molecule has 0 aromatic heterocycles. The second-order valence-corrected chi connectivity index (χ2v) is 5.19. The Morgan fingerprint density at radius 1 is 1.29 bits per heavy atom. The van der Waals surface area contributed by atoms with Crippen molar-refractivity contribution in [3.05, 3.63) is 29.3 Å². The van der Waals surface area contributed by atoms with Crippen molar-refractivity contribution in [2.45, 2.75) is 46.6 Å². The molecule has 0 heterocycles. The Balaban J connectivity index is 2.79. The molecule has 1 rings (SSSR count). The van der Waals surface area contributed by atoms with Crippen LogP contribution in [-0.2, 0) is 6.42 Å². The van der Waals surface area contributed by atoms with Crippen molar-refractivity contribution < 1.29 is 4.74 Å². The normalized spacial score (nSPS) is 12.8. The van der Waals surface area contributed by atoms with E-state index in [4.69, 9.17) is 10.5 Å². The second-order valence-electron chi connectivity index (χ2n) is 5.19. The Hall–Kier alpha value is -1.02. The summed E-state index contributed by atoms with van der Waals surface area (Å²) in [5.74, 6) is 1.54. The Morgan fingerprint density at radius 2 is 2.00 bits per heavy atom. The molecule has 17 heavy (non-hydrogen) atoms. The molecule has 0 fully saturated rings. The Morgan fingerprint density at radius 3 is 2.59 bits per heavy atom. The maximum Gasteiger partial charge on any atom is 0.122 e. The van der Waals surface area contributed by atoms with Gasteiger partial charge in [0, 0.05) is 6.04 Å². The zero-order valence-electron chi connectivity index (χ0n) is 11.5. The van der Waals surface area contributed by atoms with Gasteiger partial charge in [-0.25, -0.2) is 0 Å². The standard InChI is InChI=1S/C15H25NO/c1-5-14(16)9-13-8-12(4)6-7-15(13)17-10-11(2)3/h6-8,11,14H,5,9-10,16H2,1-4H3. The predicted octanol–water partition coefficient (Wildman–Crippen LogP) is 3.31. The average Bonchev–Trinajstić information content (AvgIpc) is 2.27. The van der Waals surface area contributed by atoms with Gasteiger partial charge in [0.25, 0.3) is 0 Å². The highest BCUT2D eigenvalue weighted by Gasteiger charge is 2.09. The fraction of sp³-hybridized carbons (Fsp3) is 0.600. The van der Waals surface area contributed by atoms with Gasteiger partial charge in [-0.05, 0) is 37.3 Å². The van der Waals surface area contributed by atoms with Crippen molar-refractivity contribution in [2.75, 3.05) is 6.61 Å². The lowest BCUT2D eigenvalue weighted by atomic mass is 10.0. The highest BCUT2D eigenvalue weighted by atomic mass is 16.5. The first-order valence-electron chi connectivity index (χ1n) is 6.50. The topological polar surface area (TPSA) is 35.2 Å². The molecular formula is C15H25NO. The summed E-state index contributed by atoms with van der Waals surface area (Å²) in [6, 6.07) is 6.57. The van der Waals surface area contributed by atoms with Gasteiger partial charge in [0.2, 0.25) is 0 Å². The van der Waals surface area contributed by atoms with E-state index in [1.807, 2.05) is 0 Å². The van der Waals surface area contributed by atoms with Gasteiger partial charge in [0.05, 0.1) is 6.61 Å². The van der Waals surface area contributed by atoms with Gasteiger partial charge in [-0.2, -0.15) is 0 Å². The van der Waals surface area contributed by atoms with E-state index in [9.17, 15) is 0 Å². The van der Waals surface area contributed by atoms with E-state index in [0.29, 0.717) is 5.92 Å². The predicted molar refractivity (Wildman–Crippen MR) is 73.5 cm³/mol. The number of nitrogens with two attached hydrogens (primary N) is 1. The zero-order chi connectivity index (χ0) is 12.8. The lowest BCUT2D eigenvalue weighted by Crippen LogP contribution is -2.22. The van der Waals surface area contributed by atoms with E-state index in [0.717, 1.165) is 25.2 Å². The van der Waals surface area contributed by atoms with Gasteiger partial charge >= 0.3 is 0 Å². The van der Waals surface area contributed by atoms with Gasteiger partial charge in [0.1, 0.15) is 5.75 Å².